The predicted molar refractivity (Wildman–Crippen MR) is 120 cm³/mol. The monoisotopic (exact) mass is 420 g/mol. The summed E-state index contributed by atoms with van der Waals surface area (Å²) < 4.78 is 10.9. The summed E-state index contributed by atoms with van der Waals surface area (Å²) >= 11 is 1.64. The van der Waals surface area contributed by atoms with E-state index < -0.39 is 0 Å². The molecule has 0 fully saturated rings. The number of ether oxygens (including phenoxy) is 2. The van der Waals surface area contributed by atoms with E-state index in [4.69, 9.17) is 14.5 Å². The van der Waals surface area contributed by atoms with Crippen molar-refractivity contribution in [3.05, 3.63) is 66.1 Å². The van der Waals surface area contributed by atoms with Crippen molar-refractivity contribution >= 4 is 22.8 Å². The molecule has 3 aromatic heterocycles. The van der Waals surface area contributed by atoms with Crippen LogP contribution in [0, 0.1) is 6.92 Å². The number of hydrogen-bond donors (Lipinski definition) is 1. The lowest BCUT2D eigenvalue weighted by Gasteiger charge is -2.11. The van der Waals surface area contributed by atoms with Gasteiger partial charge in [0.05, 0.1) is 29.0 Å². The average molecular weight is 421 g/mol. The lowest BCUT2D eigenvalue weighted by Crippen LogP contribution is -2.04. The van der Waals surface area contributed by atoms with E-state index in [1.165, 1.54) is 0 Å². The standard InChI is InChI=1S/C23H24N4O2S/c1-16-21(25-11-9-22(16)29-13-5-12-28-2)15-30-23-26-19-8-7-17(14-20(19)27-23)18-6-3-4-10-24-18/h3-4,6-11,14H,5,12-13,15H2,1-2H3,(H,26,27). The third kappa shape index (κ3) is 4.80. The Morgan fingerprint density at radius 3 is 2.80 bits per heavy atom. The van der Waals surface area contributed by atoms with Crippen molar-refractivity contribution in [1.82, 2.24) is 19.9 Å². The Labute approximate surface area is 180 Å². The second kappa shape index (κ2) is 9.73. The van der Waals surface area contributed by atoms with Gasteiger partial charge in [-0.15, -0.1) is 0 Å². The first-order valence-electron chi connectivity index (χ1n) is 9.85. The van der Waals surface area contributed by atoms with Crippen LogP contribution >= 0.6 is 11.8 Å². The smallest absolute Gasteiger partial charge is 0.166 e. The first-order valence-corrected chi connectivity index (χ1v) is 10.8. The summed E-state index contributed by atoms with van der Waals surface area (Å²) in [5, 5.41) is 0.871. The van der Waals surface area contributed by atoms with Gasteiger partial charge in [-0.05, 0) is 37.3 Å². The normalized spacial score (nSPS) is 11.1. The van der Waals surface area contributed by atoms with Gasteiger partial charge in [0.15, 0.2) is 5.16 Å². The molecule has 1 aromatic carbocycles. The SMILES string of the molecule is COCCCOc1ccnc(CSc2nc3cc(-c4ccccn4)ccc3[nH]2)c1C. The summed E-state index contributed by atoms with van der Waals surface area (Å²) in [7, 11) is 1.70. The molecule has 0 atom stereocenters. The molecule has 30 heavy (non-hydrogen) atoms. The number of aromatic nitrogens is 4. The molecule has 4 aromatic rings. The lowest BCUT2D eigenvalue weighted by atomic mass is 10.1. The van der Waals surface area contributed by atoms with Gasteiger partial charge < -0.3 is 14.5 Å². The highest BCUT2D eigenvalue weighted by molar-refractivity contribution is 7.98. The van der Waals surface area contributed by atoms with Crippen LogP contribution in [0.5, 0.6) is 5.75 Å². The molecule has 0 bridgehead atoms. The number of aromatic amines is 1. The number of pyridine rings is 2. The molecule has 1 N–H and O–H groups in total. The number of benzene rings is 1. The maximum absolute atomic E-state index is 5.88. The first-order chi connectivity index (χ1) is 14.7. The van der Waals surface area contributed by atoms with E-state index in [0.29, 0.717) is 19.0 Å². The van der Waals surface area contributed by atoms with Crippen molar-refractivity contribution in [2.75, 3.05) is 20.3 Å². The summed E-state index contributed by atoms with van der Waals surface area (Å²) in [4.78, 5) is 17.1. The molecule has 0 aliphatic carbocycles. The maximum Gasteiger partial charge on any atom is 0.166 e. The zero-order valence-corrected chi connectivity index (χ0v) is 17.9. The van der Waals surface area contributed by atoms with E-state index >= 15 is 0 Å². The molecule has 0 unspecified atom stereocenters. The number of rotatable bonds is 9. The number of thioether (sulfide) groups is 1. The summed E-state index contributed by atoms with van der Waals surface area (Å²) in [6.07, 6.45) is 4.46. The summed E-state index contributed by atoms with van der Waals surface area (Å²) in [6.45, 7) is 3.38. The van der Waals surface area contributed by atoms with E-state index in [0.717, 1.165) is 50.9 Å². The number of fused-ring (bicyclic) bond motifs is 1. The van der Waals surface area contributed by atoms with E-state index in [-0.39, 0.29) is 0 Å². The molecule has 0 saturated carbocycles. The third-order valence-electron chi connectivity index (χ3n) is 4.78. The Hall–Kier alpha value is -2.90. The number of nitrogens with zero attached hydrogens (tertiary/aromatic N) is 3. The van der Waals surface area contributed by atoms with Crippen molar-refractivity contribution in [1.29, 1.82) is 0 Å². The van der Waals surface area contributed by atoms with Gasteiger partial charge in [0, 0.05) is 49.4 Å². The molecule has 6 nitrogen and oxygen atoms in total. The van der Waals surface area contributed by atoms with Gasteiger partial charge in [-0.1, -0.05) is 23.9 Å². The molecule has 0 aliphatic rings. The minimum absolute atomic E-state index is 0.632. The van der Waals surface area contributed by atoms with Crippen LogP contribution in [-0.2, 0) is 10.5 Å². The fourth-order valence-corrected chi connectivity index (χ4v) is 4.04. The Morgan fingerprint density at radius 1 is 1.03 bits per heavy atom. The third-order valence-corrected chi connectivity index (χ3v) is 5.66. The Balaban J connectivity index is 1.45. The van der Waals surface area contributed by atoms with Crippen LogP contribution in [0.4, 0.5) is 0 Å². The molecular formula is C23H24N4O2S. The van der Waals surface area contributed by atoms with Gasteiger partial charge in [-0.2, -0.15) is 0 Å². The molecule has 0 spiro atoms. The van der Waals surface area contributed by atoms with Crippen molar-refractivity contribution in [2.45, 2.75) is 24.3 Å². The Morgan fingerprint density at radius 2 is 1.97 bits per heavy atom. The number of methoxy groups -OCH3 is 1. The van der Waals surface area contributed by atoms with Gasteiger partial charge in [0.2, 0.25) is 0 Å². The van der Waals surface area contributed by atoms with Crippen molar-refractivity contribution in [3.8, 4) is 17.0 Å². The van der Waals surface area contributed by atoms with Gasteiger partial charge in [-0.25, -0.2) is 4.98 Å². The summed E-state index contributed by atoms with van der Waals surface area (Å²) in [6, 6.07) is 14.0. The highest BCUT2D eigenvalue weighted by Crippen LogP contribution is 2.28. The Kier molecular flexibility index (Phi) is 6.61. The zero-order chi connectivity index (χ0) is 20.8. The first kappa shape index (κ1) is 20.4. The fourth-order valence-electron chi connectivity index (χ4n) is 3.13. The molecular weight excluding hydrogens is 396 g/mol. The minimum Gasteiger partial charge on any atom is -0.493 e. The molecule has 0 amide bonds. The van der Waals surface area contributed by atoms with Gasteiger partial charge in [0.25, 0.3) is 0 Å². The van der Waals surface area contributed by atoms with Crippen LogP contribution in [0.3, 0.4) is 0 Å². The largest absolute Gasteiger partial charge is 0.493 e. The molecule has 7 heteroatoms. The maximum atomic E-state index is 5.88. The van der Waals surface area contributed by atoms with Crippen LogP contribution in [-0.4, -0.2) is 40.3 Å². The number of nitrogens with one attached hydrogen (secondary N) is 1. The average Bonchev–Trinajstić information content (AvgIpc) is 3.19. The minimum atomic E-state index is 0.632. The summed E-state index contributed by atoms with van der Waals surface area (Å²) in [5.74, 6) is 1.59. The van der Waals surface area contributed by atoms with Gasteiger partial charge in [-0.3, -0.25) is 9.97 Å². The number of imidazole rings is 1. The second-order valence-corrected chi connectivity index (χ2v) is 7.82. The zero-order valence-electron chi connectivity index (χ0n) is 17.1. The van der Waals surface area contributed by atoms with E-state index in [9.17, 15) is 0 Å². The van der Waals surface area contributed by atoms with Crippen LogP contribution in [0.1, 0.15) is 17.7 Å². The Bertz CT molecular complexity index is 1110. The predicted octanol–water partition coefficient (Wildman–Crippen LogP) is 5.04. The van der Waals surface area contributed by atoms with Crippen molar-refractivity contribution < 1.29 is 9.47 Å². The molecule has 154 valence electrons. The molecule has 4 rings (SSSR count). The van der Waals surface area contributed by atoms with Gasteiger partial charge >= 0.3 is 0 Å². The number of H-pyrrole nitrogens is 1. The fraction of sp³-hybridized carbons (Fsp3) is 0.261. The molecule has 3 heterocycles. The van der Waals surface area contributed by atoms with E-state index in [2.05, 4.69) is 27.1 Å². The van der Waals surface area contributed by atoms with Crippen molar-refractivity contribution in [3.63, 3.8) is 0 Å². The lowest BCUT2D eigenvalue weighted by molar-refractivity contribution is 0.172. The highest BCUT2D eigenvalue weighted by atomic mass is 32.2. The van der Waals surface area contributed by atoms with E-state index in [1.54, 1.807) is 31.3 Å². The summed E-state index contributed by atoms with van der Waals surface area (Å²) in [5.41, 5.74) is 6.01. The topological polar surface area (TPSA) is 72.9 Å². The quantitative estimate of drug-likeness (QED) is 0.302. The van der Waals surface area contributed by atoms with Gasteiger partial charge in [0.1, 0.15) is 5.75 Å². The highest BCUT2D eigenvalue weighted by Gasteiger charge is 2.10. The van der Waals surface area contributed by atoms with Crippen LogP contribution < -0.4 is 4.74 Å². The molecule has 0 saturated heterocycles. The van der Waals surface area contributed by atoms with Crippen LogP contribution in [0.2, 0.25) is 0 Å². The number of hydrogen-bond acceptors (Lipinski definition) is 6. The molecule has 0 aliphatic heterocycles. The van der Waals surface area contributed by atoms with Crippen molar-refractivity contribution in [2.24, 2.45) is 0 Å². The van der Waals surface area contributed by atoms with Crippen LogP contribution in [0.25, 0.3) is 22.3 Å². The van der Waals surface area contributed by atoms with E-state index in [1.807, 2.05) is 37.3 Å². The second-order valence-electron chi connectivity index (χ2n) is 6.85. The molecule has 0 radical (unpaired) electrons. The van der Waals surface area contributed by atoms with Crippen LogP contribution in [0.15, 0.2) is 60.0 Å².